The van der Waals surface area contributed by atoms with Gasteiger partial charge in [-0.1, -0.05) is 20.3 Å². The zero-order valence-corrected chi connectivity index (χ0v) is 24.9. The number of anilines is 1. The minimum absolute atomic E-state index is 0.0117. The Morgan fingerprint density at radius 2 is 1.76 bits per heavy atom. The fourth-order valence-corrected chi connectivity index (χ4v) is 7.02. The SMILES string of the molecule is CC(C)CN1CCN(c2cc(C(=O)NS(=O)(=O)N3CCOCC3)nc3c2c(C2CCC2)nn3-c2ccc(F)cc2)CC1. The maximum atomic E-state index is 13.8. The molecule has 226 valence electrons. The minimum Gasteiger partial charge on any atom is -0.379 e. The monoisotopic (exact) mass is 599 g/mol. The molecule has 0 radical (unpaired) electrons. The third-order valence-corrected chi connectivity index (χ3v) is 9.80. The molecule has 1 saturated carbocycles. The summed E-state index contributed by atoms with van der Waals surface area (Å²) in [5.74, 6) is -0.346. The molecule has 2 saturated heterocycles. The first kappa shape index (κ1) is 29.0. The van der Waals surface area contributed by atoms with Crippen LogP contribution in [0.2, 0.25) is 0 Å². The lowest BCUT2D eigenvalue weighted by atomic mass is 9.82. The number of ether oxygens (including phenoxy) is 1. The number of pyridine rings is 1. The van der Waals surface area contributed by atoms with Crippen LogP contribution in [0.3, 0.4) is 0 Å². The van der Waals surface area contributed by atoms with E-state index >= 15 is 0 Å². The molecule has 1 amide bonds. The van der Waals surface area contributed by atoms with Crippen LogP contribution in [-0.4, -0.2) is 97.3 Å². The lowest BCUT2D eigenvalue weighted by molar-refractivity contribution is 0.0718. The van der Waals surface area contributed by atoms with Crippen molar-refractivity contribution >= 4 is 32.8 Å². The molecule has 42 heavy (non-hydrogen) atoms. The molecule has 2 aliphatic heterocycles. The number of hydrogen-bond donors (Lipinski definition) is 1. The van der Waals surface area contributed by atoms with Crippen molar-refractivity contribution in [1.29, 1.82) is 0 Å². The number of carbonyl (C=O) groups is 1. The third kappa shape index (κ3) is 5.87. The fourth-order valence-electron chi connectivity index (χ4n) is 5.93. The van der Waals surface area contributed by atoms with E-state index in [2.05, 4.69) is 28.4 Å². The van der Waals surface area contributed by atoms with E-state index in [1.165, 1.54) is 16.4 Å². The first-order chi connectivity index (χ1) is 20.2. The van der Waals surface area contributed by atoms with Gasteiger partial charge in [0.15, 0.2) is 5.65 Å². The minimum atomic E-state index is -4.08. The zero-order chi connectivity index (χ0) is 29.4. The van der Waals surface area contributed by atoms with E-state index in [0.717, 1.165) is 68.8 Å². The van der Waals surface area contributed by atoms with E-state index < -0.39 is 16.1 Å². The van der Waals surface area contributed by atoms with Gasteiger partial charge >= 0.3 is 10.2 Å². The lowest BCUT2D eigenvalue weighted by Gasteiger charge is -2.37. The Balaban J connectivity index is 1.44. The molecule has 4 heterocycles. The van der Waals surface area contributed by atoms with Crippen molar-refractivity contribution in [3.63, 3.8) is 0 Å². The second-order valence-electron chi connectivity index (χ2n) is 11.8. The molecule has 1 aromatic carbocycles. The standard InChI is InChI=1S/C29H38FN7O4S/c1-20(2)19-34-10-12-35(13-11-34)25-18-24(29(38)33-42(39,40)36-14-16-41-17-15-36)31-28-26(25)27(21-4-3-5-21)32-37(28)23-8-6-22(30)7-9-23/h6-9,18,20-21H,3-5,10-17,19H2,1-2H3,(H,33,38). The summed E-state index contributed by atoms with van der Waals surface area (Å²) in [6.07, 6.45) is 3.14. The number of aromatic nitrogens is 3. The number of halogens is 1. The number of carbonyl (C=O) groups excluding carboxylic acids is 1. The summed E-state index contributed by atoms with van der Waals surface area (Å²) in [4.78, 5) is 23.0. The molecular formula is C29H38FN7O4S. The van der Waals surface area contributed by atoms with E-state index in [0.29, 0.717) is 17.3 Å². The molecule has 3 aromatic rings. The van der Waals surface area contributed by atoms with Crippen LogP contribution >= 0.6 is 0 Å². The number of nitrogens with zero attached hydrogens (tertiary/aromatic N) is 6. The average molecular weight is 600 g/mol. The van der Waals surface area contributed by atoms with Gasteiger partial charge in [0.25, 0.3) is 5.91 Å². The third-order valence-electron chi connectivity index (χ3n) is 8.31. The molecule has 13 heteroatoms. The molecule has 0 unspecified atom stereocenters. The number of piperazine rings is 1. The maximum absolute atomic E-state index is 13.8. The van der Waals surface area contributed by atoms with E-state index in [-0.39, 0.29) is 43.7 Å². The number of amides is 1. The molecule has 3 fully saturated rings. The molecule has 1 N–H and O–H groups in total. The molecular weight excluding hydrogens is 561 g/mol. The van der Waals surface area contributed by atoms with Crippen LogP contribution in [0.4, 0.5) is 10.1 Å². The number of rotatable bonds is 8. The summed E-state index contributed by atoms with van der Waals surface area (Å²) in [6.45, 7) is 9.58. The van der Waals surface area contributed by atoms with Crippen LogP contribution in [-0.2, 0) is 14.9 Å². The van der Waals surface area contributed by atoms with Gasteiger partial charge in [0.05, 0.1) is 35.7 Å². The van der Waals surface area contributed by atoms with Crippen LogP contribution in [0.5, 0.6) is 0 Å². The van der Waals surface area contributed by atoms with E-state index in [4.69, 9.17) is 14.8 Å². The highest BCUT2D eigenvalue weighted by atomic mass is 32.2. The number of fused-ring (bicyclic) bond motifs is 1. The van der Waals surface area contributed by atoms with Crippen LogP contribution in [0.1, 0.15) is 55.2 Å². The fraction of sp³-hybridized carbons (Fsp3) is 0.552. The normalized spacial score (nSPS) is 19.4. The average Bonchev–Trinajstić information content (AvgIpc) is 3.31. The molecule has 11 nitrogen and oxygen atoms in total. The van der Waals surface area contributed by atoms with E-state index in [1.54, 1.807) is 22.9 Å². The Morgan fingerprint density at radius 3 is 2.38 bits per heavy atom. The Morgan fingerprint density at radius 1 is 1.07 bits per heavy atom. The molecule has 0 bridgehead atoms. The highest BCUT2D eigenvalue weighted by Crippen LogP contribution is 2.43. The van der Waals surface area contributed by atoms with Gasteiger partial charge in [0, 0.05) is 51.7 Å². The lowest BCUT2D eigenvalue weighted by Crippen LogP contribution is -2.48. The zero-order valence-electron chi connectivity index (χ0n) is 24.1. The van der Waals surface area contributed by atoms with Crippen molar-refractivity contribution in [2.45, 2.75) is 39.0 Å². The van der Waals surface area contributed by atoms with E-state index in [9.17, 15) is 17.6 Å². The van der Waals surface area contributed by atoms with Gasteiger partial charge in [0.1, 0.15) is 11.5 Å². The van der Waals surface area contributed by atoms with Gasteiger partial charge in [0.2, 0.25) is 0 Å². The predicted molar refractivity (Wildman–Crippen MR) is 158 cm³/mol. The van der Waals surface area contributed by atoms with Crippen LogP contribution in [0.15, 0.2) is 30.3 Å². The molecule has 6 rings (SSSR count). The van der Waals surface area contributed by atoms with Crippen molar-refractivity contribution in [3.05, 3.63) is 47.5 Å². The predicted octanol–water partition coefficient (Wildman–Crippen LogP) is 2.91. The van der Waals surface area contributed by atoms with Crippen molar-refractivity contribution in [2.75, 3.05) is 63.9 Å². The second kappa shape index (κ2) is 11.9. The van der Waals surface area contributed by atoms with Gasteiger partial charge in [-0.2, -0.15) is 17.8 Å². The maximum Gasteiger partial charge on any atom is 0.304 e. The first-order valence-corrected chi connectivity index (χ1v) is 16.2. The molecule has 0 atom stereocenters. The van der Waals surface area contributed by atoms with Crippen molar-refractivity contribution < 1.29 is 22.3 Å². The molecule has 2 aromatic heterocycles. The van der Waals surface area contributed by atoms with Gasteiger partial charge in [-0.3, -0.25) is 9.69 Å². The summed E-state index contributed by atoms with van der Waals surface area (Å²) in [5, 5.41) is 5.86. The Kier molecular flexibility index (Phi) is 8.18. The van der Waals surface area contributed by atoms with Gasteiger partial charge in [-0.25, -0.2) is 18.8 Å². The van der Waals surface area contributed by atoms with Crippen LogP contribution in [0.25, 0.3) is 16.7 Å². The Labute approximate surface area is 245 Å². The van der Waals surface area contributed by atoms with Gasteiger partial charge in [-0.15, -0.1) is 0 Å². The topological polar surface area (TPSA) is 113 Å². The van der Waals surface area contributed by atoms with Crippen molar-refractivity contribution in [1.82, 2.24) is 28.7 Å². The number of benzene rings is 1. The van der Waals surface area contributed by atoms with Crippen LogP contribution < -0.4 is 9.62 Å². The summed E-state index contributed by atoms with van der Waals surface area (Å²) >= 11 is 0. The smallest absolute Gasteiger partial charge is 0.304 e. The molecule has 1 aliphatic carbocycles. The summed E-state index contributed by atoms with van der Waals surface area (Å²) in [5.41, 5.74) is 2.81. The number of nitrogens with one attached hydrogen (secondary N) is 1. The van der Waals surface area contributed by atoms with Gasteiger partial charge < -0.3 is 9.64 Å². The number of morpholine rings is 1. The summed E-state index contributed by atoms with van der Waals surface area (Å²) < 4.78 is 50.3. The molecule has 0 spiro atoms. The first-order valence-electron chi connectivity index (χ1n) is 14.8. The Hall–Kier alpha value is -3.13. The highest BCUT2D eigenvalue weighted by Gasteiger charge is 2.33. The number of hydrogen-bond acceptors (Lipinski definition) is 8. The van der Waals surface area contributed by atoms with E-state index in [1.807, 2.05) is 0 Å². The summed E-state index contributed by atoms with van der Waals surface area (Å²) in [6, 6.07) is 7.71. The highest BCUT2D eigenvalue weighted by molar-refractivity contribution is 7.87. The second-order valence-corrected chi connectivity index (χ2v) is 13.4. The largest absolute Gasteiger partial charge is 0.379 e. The Bertz CT molecular complexity index is 1540. The van der Waals surface area contributed by atoms with Crippen molar-refractivity contribution in [2.24, 2.45) is 5.92 Å². The van der Waals surface area contributed by atoms with Gasteiger partial charge in [-0.05, 0) is 49.1 Å². The van der Waals surface area contributed by atoms with Crippen molar-refractivity contribution in [3.8, 4) is 5.69 Å². The quantitative estimate of drug-likeness (QED) is 0.421. The molecule has 3 aliphatic rings. The summed E-state index contributed by atoms with van der Waals surface area (Å²) in [7, 11) is -4.08. The van der Waals surface area contributed by atoms with Crippen LogP contribution in [0, 0.1) is 11.7 Å².